The number of rotatable bonds is 5. The summed E-state index contributed by atoms with van der Waals surface area (Å²) in [6.07, 6.45) is -2.06. The predicted octanol–water partition coefficient (Wildman–Crippen LogP) is 3.35. The number of carbonyl (C=O) groups excluding carboxylic acids is 1. The summed E-state index contributed by atoms with van der Waals surface area (Å²) in [5.41, 5.74) is 1.75. The van der Waals surface area contributed by atoms with Crippen molar-refractivity contribution in [2.24, 2.45) is 0 Å². The normalized spacial score (nSPS) is 28.3. The van der Waals surface area contributed by atoms with Crippen molar-refractivity contribution in [1.82, 2.24) is 15.0 Å². The predicted molar refractivity (Wildman–Crippen MR) is 121 cm³/mol. The van der Waals surface area contributed by atoms with Crippen molar-refractivity contribution >= 4 is 17.6 Å². The molecule has 1 unspecified atom stereocenters. The Labute approximate surface area is 205 Å². The summed E-state index contributed by atoms with van der Waals surface area (Å²) in [6, 6.07) is 13.2. The number of hydrogen-bond acceptors (Lipinski definition) is 8. The molecule has 0 spiro atoms. The van der Waals surface area contributed by atoms with E-state index in [1.165, 1.54) is 26.4 Å². The van der Waals surface area contributed by atoms with E-state index in [-0.39, 0.29) is 11.6 Å². The summed E-state index contributed by atoms with van der Waals surface area (Å²) in [5, 5.41) is 8.50. The molecule has 2 saturated heterocycles. The molecular formula is C24H23ClFN3O6. The van der Waals surface area contributed by atoms with E-state index >= 15 is 0 Å². The zero-order valence-corrected chi connectivity index (χ0v) is 19.7. The van der Waals surface area contributed by atoms with E-state index in [0.29, 0.717) is 11.3 Å². The van der Waals surface area contributed by atoms with Crippen LogP contribution in [0.25, 0.3) is 11.3 Å². The Morgan fingerprint density at radius 3 is 2.69 bits per heavy atom. The molecule has 2 aromatic carbocycles. The Balaban J connectivity index is 1.52. The third-order valence-corrected chi connectivity index (χ3v) is 6.47. The number of aromatic nitrogens is 3. The van der Waals surface area contributed by atoms with Gasteiger partial charge in [-0.25, -0.2) is 13.9 Å². The largest absolute Gasteiger partial charge is 0.467 e. The van der Waals surface area contributed by atoms with Crippen LogP contribution in [0.1, 0.15) is 17.9 Å². The van der Waals surface area contributed by atoms with Gasteiger partial charge in [-0.3, -0.25) is 0 Å². The molecule has 184 valence electrons. The molecular weight excluding hydrogens is 481 g/mol. The van der Waals surface area contributed by atoms with Crippen LogP contribution in [0.4, 0.5) is 4.39 Å². The van der Waals surface area contributed by atoms with Crippen LogP contribution >= 0.6 is 11.6 Å². The molecule has 2 aliphatic heterocycles. The monoisotopic (exact) mass is 503 g/mol. The molecule has 3 aromatic rings. The second-order valence-corrected chi connectivity index (χ2v) is 8.61. The van der Waals surface area contributed by atoms with Gasteiger partial charge in [-0.2, -0.15) is 0 Å². The van der Waals surface area contributed by atoms with Gasteiger partial charge in [0.15, 0.2) is 12.4 Å². The van der Waals surface area contributed by atoms with Gasteiger partial charge in [0.25, 0.3) is 0 Å². The van der Waals surface area contributed by atoms with Gasteiger partial charge in [-0.05, 0) is 12.1 Å². The lowest BCUT2D eigenvalue weighted by Crippen LogP contribution is -2.61. The highest BCUT2D eigenvalue weighted by Gasteiger charge is 2.54. The highest BCUT2D eigenvalue weighted by Crippen LogP contribution is 2.40. The number of methoxy groups -OCH3 is 2. The number of fused-ring (bicyclic) bond motifs is 1. The average molecular weight is 504 g/mol. The minimum absolute atomic E-state index is 0.0105. The van der Waals surface area contributed by atoms with Crippen LogP contribution < -0.4 is 0 Å². The summed E-state index contributed by atoms with van der Waals surface area (Å²) in [5.74, 6) is -1.16. The molecule has 2 fully saturated rings. The van der Waals surface area contributed by atoms with E-state index in [2.05, 4.69) is 10.3 Å². The number of hydrogen-bond donors (Lipinski definition) is 0. The molecule has 2 aliphatic rings. The zero-order chi connectivity index (χ0) is 24.5. The molecule has 6 atom stereocenters. The summed E-state index contributed by atoms with van der Waals surface area (Å²) < 4.78 is 44.5. The first-order valence-electron chi connectivity index (χ1n) is 11.0. The molecule has 0 aliphatic carbocycles. The minimum Gasteiger partial charge on any atom is -0.467 e. The van der Waals surface area contributed by atoms with Crippen LogP contribution in [-0.4, -0.2) is 66.2 Å². The van der Waals surface area contributed by atoms with Crippen molar-refractivity contribution in [3.63, 3.8) is 0 Å². The first-order valence-corrected chi connectivity index (χ1v) is 11.3. The van der Waals surface area contributed by atoms with Crippen LogP contribution in [0.5, 0.6) is 0 Å². The molecule has 1 aromatic heterocycles. The molecule has 11 heteroatoms. The SMILES string of the molecule is COC(=O)[C@@H]1O[C@@H]2COC(c3ccccc3)O[C@@H]2[C@H](n2cc(-c3ccc(Cl)c(F)c3)nn2)[C@H]1OC. The second kappa shape index (κ2) is 10.00. The molecule has 0 saturated carbocycles. The van der Waals surface area contributed by atoms with Crippen LogP contribution in [0, 0.1) is 5.82 Å². The third-order valence-electron chi connectivity index (χ3n) is 6.16. The van der Waals surface area contributed by atoms with Gasteiger partial charge in [0, 0.05) is 18.2 Å². The number of esters is 1. The van der Waals surface area contributed by atoms with E-state index in [4.69, 9.17) is 35.3 Å². The lowest BCUT2D eigenvalue weighted by Gasteiger charge is -2.48. The molecule has 0 radical (unpaired) electrons. The topological polar surface area (TPSA) is 93.9 Å². The number of benzene rings is 2. The highest BCUT2D eigenvalue weighted by molar-refractivity contribution is 6.30. The Hall–Kier alpha value is -2.89. The molecule has 9 nitrogen and oxygen atoms in total. The molecule has 3 heterocycles. The molecule has 0 bridgehead atoms. The van der Waals surface area contributed by atoms with Crippen molar-refractivity contribution in [3.05, 3.63) is 71.1 Å². The lowest BCUT2D eigenvalue weighted by molar-refractivity contribution is -0.316. The van der Waals surface area contributed by atoms with Gasteiger partial charge in [-0.1, -0.05) is 53.2 Å². The fraction of sp³-hybridized carbons (Fsp3) is 0.375. The van der Waals surface area contributed by atoms with Crippen LogP contribution in [-0.2, 0) is 28.5 Å². The van der Waals surface area contributed by atoms with Crippen LogP contribution in [0.2, 0.25) is 5.02 Å². The van der Waals surface area contributed by atoms with Crippen molar-refractivity contribution in [1.29, 1.82) is 0 Å². The van der Waals surface area contributed by atoms with E-state index in [1.54, 1.807) is 16.9 Å². The highest BCUT2D eigenvalue weighted by atomic mass is 35.5. The Morgan fingerprint density at radius 1 is 1.17 bits per heavy atom. The minimum atomic E-state index is -1.04. The van der Waals surface area contributed by atoms with Crippen molar-refractivity contribution < 1.29 is 32.9 Å². The standard InChI is InChI=1S/C24H23ClFN3O6/c1-31-21-19(29-11-17(27-28-29)14-8-9-15(25)16(26)10-14)20-18(34-22(21)23(30)32-2)12-33-24(35-20)13-6-4-3-5-7-13/h3-11,18-22,24H,12H2,1-2H3/t18-,19+,20+,21-,22-,24?/m1/s1. The quantitative estimate of drug-likeness (QED) is 0.489. The van der Waals surface area contributed by atoms with Gasteiger partial charge in [0.05, 0.1) is 24.9 Å². The smallest absolute Gasteiger partial charge is 0.337 e. The lowest BCUT2D eigenvalue weighted by atomic mass is 9.91. The molecule has 5 rings (SSSR count). The van der Waals surface area contributed by atoms with E-state index in [0.717, 1.165) is 5.56 Å². The number of carbonyl (C=O) groups is 1. The number of ether oxygens (including phenoxy) is 5. The van der Waals surface area contributed by atoms with Crippen LogP contribution in [0.15, 0.2) is 54.7 Å². The maximum atomic E-state index is 14.0. The third kappa shape index (κ3) is 4.55. The summed E-state index contributed by atoms with van der Waals surface area (Å²) in [4.78, 5) is 12.6. The van der Waals surface area contributed by atoms with Gasteiger partial charge in [-0.15, -0.1) is 5.10 Å². The summed E-state index contributed by atoms with van der Waals surface area (Å²) in [7, 11) is 2.75. The van der Waals surface area contributed by atoms with E-state index in [9.17, 15) is 9.18 Å². The molecule has 0 amide bonds. The van der Waals surface area contributed by atoms with Crippen molar-refractivity contribution in [2.45, 2.75) is 36.7 Å². The van der Waals surface area contributed by atoms with Gasteiger partial charge < -0.3 is 23.7 Å². The van der Waals surface area contributed by atoms with E-state index < -0.39 is 48.5 Å². The first kappa shape index (κ1) is 23.8. The fourth-order valence-corrected chi connectivity index (χ4v) is 4.58. The molecule has 0 N–H and O–H groups in total. The summed E-state index contributed by atoms with van der Waals surface area (Å²) >= 11 is 5.81. The van der Waals surface area contributed by atoms with Gasteiger partial charge in [0.1, 0.15) is 35.9 Å². The molecule has 35 heavy (non-hydrogen) atoms. The zero-order valence-electron chi connectivity index (χ0n) is 18.9. The van der Waals surface area contributed by atoms with Gasteiger partial charge >= 0.3 is 5.97 Å². The number of halogens is 2. The Kier molecular flexibility index (Phi) is 6.81. The van der Waals surface area contributed by atoms with E-state index in [1.807, 2.05) is 30.3 Å². The van der Waals surface area contributed by atoms with Crippen molar-refractivity contribution in [2.75, 3.05) is 20.8 Å². The average Bonchev–Trinajstić information content (AvgIpc) is 3.38. The number of nitrogens with zero attached hydrogens (tertiary/aromatic N) is 3. The first-order chi connectivity index (χ1) is 17.0. The Morgan fingerprint density at radius 2 is 1.97 bits per heavy atom. The maximum Gasteiger partial charge on any atom is 0.337 e. The maximum absolute atomic E-state index is 14.0. The second-order valence-electron chi connectivity index (χ2n) is 8.20. The van der Waals surface area contributed by atoms with Gasteiger partial charge in [0.2, 0.25) is 0 Å². The summed E-state index contributed by atoms with van der Waals surface area (Å²) in [6.45, 7) is 0.175. The fourth-order valence-electron chi connectivity index (χ4n) is 4.46. The van der Waals surface area contributed by atoms with Crippen molar-refractivity contribution in [3.8, 4) is 11.3 Å². The van der Waals surface area contributed by atoms with Crippen LogP contribution in [0.3, 0.4) is 0 Å². The Bertz CT molecular complexity index is 1200.